The molecule has 0 atom stereocenters. The van der Waals surface area contributed by atoms with E-state index in [4.69, 9.17) is 0 Å². The number of phenols is 1. The molecule has 0 bridgehead atoms. The van der Waals surface area contributed by atoms with Gasteiger partial charge in [-0.1, -0.05) is 12.1 Å². The van der Waals surface area contributed by atoms with Crippen LogP contribution >= 0.6 is 22.7 Å². The predicted octanol–water partition coefficient (Wildman–Crippen LogP) is 4.61. The van der Waals surface area contributed by atoms with Crippen LogP contribution in [0.5, 0.6) is 5.75 Å². The van der Waals surface area contributed by atoms with Gasteiger partial charge < -0.3 is 5.11 Å². The van der Waals surface area contributed by atoms with Gasteiger partial charge in [0.05, 0.1) is 4.88 Å². The van der Waals surface area contributed by atoms with Crippen LogP contribution in [0.4, 0.5) is 0 Å². The maximum absolute atomic E-state index is 12.2. The molecule has 2 nitrogen and oxygen atoms in total. The summed E-state index contributed by atoms with van der Waals surface area (Å²) in [5.74, 6) is 0.280. The first kappa shape index (κ1) is 13.1. The van der Waals surface area contributed by atoms with Crippen LogP contribution in [-0.4, -0.2) is 10.9 Å². The second-order valence-corrected chi connectivity index (χ2v) is 6.31. The van der Waals surface area contributed by atoms with Gasteiger partial charge in [0.1, 0.15) is 5.75 Å². The van der Waals surface area contributed by atoms with E-state index in [2.05, 4.69) is 11.4 Å². The van der Waals surface area contributed by atoms with Crippen LogP contribution in [-0.2, 0) is 6.42 Å². The average molecular weight is 300 g/mol. The van der Waals surface area contributed by atoms with Crippen LogP contribution in [0.1, 0.15) is 15.2 Å². The lowest BCUT2D eigenvalue weighted by molar-refractivity contribution is 0.0997. The lowest BCUT2D eigenvalue weighted by Gasteiger charge is -2.00. The molecule has 0 aliphatic carbocycles. The van der Waals surface area contributed by atoms with Crippen LogP contribution < -0.4 is 0 Å². The van der Waals surface area contributed by atoms with Crippen molar-refractivity contribution < 1.29 is 9.90 Å². The number of rotatable bonds is 4. The molecule has 20 heavy (non-hydrogen) atoms. The largest absolute Gasteiger partial charge is 0.508 e. The van der Waals surface area contributed by atoms with Crippen molar-refractivity contribution in [2.45, 2.75) is 6.42 Å². The van der Waals surface area contributed by atoms with Crippen molar-refractivity contribution in [2.24, 2.45) is 0 Å². The first-order valence-electron chi connectivity index (χ1n) is 6.16. The molecule has 0 unspecified atom stereocenters. The Morgan fingerprint density at radius 3 is 2.80 bits per heavy atom. The molecule has 0 radical (unpaired) electrons. The van der Waals surface area contributed by atoms with Gasteiger partial charge in [-0.25, -0.2) is 0 Å². The molecule has 4 heteroatoms. The maximum atomic E-state index is 12.2. The van der Waals surface area contributed by atoms with E-state index in [1.165, 1.54) is 11.3 Å². The minimum atomic E-state index is 0.0853. The first-order valence-corrected chi connectivity index (χ1v) is 7.92. The Bertz CT molecular complexity index is 727. The third-order valence-corrected chi connectivity index (χ3v) is 4.82. The van der Waals surface area contributed by atoms with Gasteiger partial charge in [0.2, 0.25) is 0 Å². The molecule has 0 spiro atoms. The van der Waals surface area contributed by atoms with Crippen molar-refractivity contribution in [1.29, 1.82) is 0 Å². The van der Waals surface area contributed by atoms with E-state index in [0.29, 0.717) is 6.42 Å². The Balaban J connectivity index is 1.78. The minimum Gasteiger partial charge on any atom is -0.508 e. The van der Waals surface area contributed by atoms with Gasteiger partial charge in [0, 0.05) is 16.9 Å². The molecule has 100 valence electrons. The van der Waals surface area contributed by atoms with Gasteiger partial charge >= 0.3 is 0 Å². The normalized spacial score (nSPS) is 10.6. The quantitative estimate of drug-likeness (QED) is 0.715. The highest BCUT2D eigenvalue weighted by atomic mass is 32.1. The van der Waals surface area contributed by atoms with Crippen molar-refractivity contribution in [3.8, 4) is 16.2 Å². The number of carbonyl (C=O) groups is 1. The lowest BCUT2D eigenvalue weighted by atomic mass is 10.1. The summed E-state index contributed by atoms with van der Waals surface area (Å²) < 4.78 is 0. The van der Waals surface area contributed by atoms with Gasteiger partial charge in [-0.15, -0.1) is 11.3 Å². The standard InChI is InChI=1S/C16H12O2S2/c17-13-3-1-2-11(8-13)9-14(18)16-5-4-15(20-16)12-6-7-19-10-12/h1-8,10,17H,9H2. The number of Topliss-reactive ketones (excluding diaryl/α,β-unsaturated/α-hetero) is 1. The van der Waals surface area contributed by atoms with E-state index in [9.17, 15) is 9.90 Å². The molecule has 2 aromatic heterocycles. The SMILES string of the molecule is O=C(Cc1cccc(O)c1)c1ccc(-c2ccsc2)s1. The van der Waals surface area contributed by atoms with Crippen LogP contribution in [0.15, 0.2) is 53.2 Å². The Kier molecular flexibility index (Phi) is 3.67. The fraction of sp³-hybridized carbons (Fsp3) is 0.0625. The van der Waals surface area contributed by atoms with Crippen LogP contribution in [0.25, 0.3) is 10.4 Å². The number of aromatic hydroxyl groups is 1. The van der Waals surface area contributed by atoms with E-state index < -0.39 is 0 Å². The maximum Gasteiger partial charge on any atom is 0.177 e. The Hall–Kier alpha value is -1.91. The highest BCUT2D eigenvalue weighted by Gasteiger charge is 2.11. The van der Waals surface area contributed by atoms with Gasteiger partial charge in [0.15, 0.2) is 5.78 Å². The van der Waals surface area contributed by atoms with Crippen molar-refractivity contribution in [3.05, 3.63) is 63.7 Å². The van der Waals surface area contributed by atoms with E-state index in [1.807, 2.05) is 23.6 Å². The van der Waals surface area contributed by atoms with Crippen molar-refractivity contribution in [2.75, 3.05) is 0 Å². The Labute approximate surface area is 125 Å². The topological polar surface area (TPSA) is 37.3 Å². The summed E-state index contributed by atoms with van der Waals surface area (Å²) in [7, 11) is 0. The van der Waals surface area contributed by atoms with E-state index in [1.54, 1.807) is 29.5 Å². The summed E-state index contributed by atoms with van der Waals surface area (Å²) in [6.07, 6.45) is 0.317. The van der Waals surface area contributed by atoms with E-state index in [0.717, 1.165) is 20.9 Å². The molecule has 0 saturated heterocycles. The number of hydrogen-bond donors (Lipinski definition) is 1. The minimum absolute atomic E-state index is 0.0853. The van der Waals surface area contributed by atoms with Gasteiger partial charge in [0.25, 0.3) is 0 Å². The first-order chi connectivity index (χ1) is 9.72. The number of benzene rings is 1. The van der Waals surface area contributed by atoms with Gasteiger partial charge in [-0.2, -0.15) is 11.3 Å². The summed E-state index contributed by atoms with van der Waals surface area (Å²) in [5.41, 5.74) is 2.00. The summed E-state index contributed by atoms with van der Waals surface area (Å²) >= 11 is 3.17. The number of carbonyl (C=O) groups excluding carboxylic acids is 1. The molecule has 0 amide bonds. The second-order valence-electron chi connectivity index (χ2n) is 4.45. The van der Waals surface area contributed by atoms with E-state index >= 15 is 0 Å². The molecular formula is C16H12O2S2. The Morgan fingerprint density at radius 2 is 2.05 bits per heavy atom. The molecular weight excluding hydrogens is 288 g/mol. The zero-order valence-corrected chi connectivity index (χ0v) is 12.2. The number of thiophene rings is 2. The third kappa shape index (κ3) is 2.81. The zero-order valence-electron chi connectivity index (χ0n) is 10.6. The zero-order chi connectivity index (χ0) is 13.9. The van der Waals surface area contributed by atoms with Crippen LogP contribution in [0, 0.1) is 0 Å². The summed E-state index contributed by atoms with van der Waals surface area (Å²) in [6, 6.07) is 12.8. The third-order valence-electron chi connectivity index (χ3n) is 2.96. The molecule has 1 N–H and O–H groups in total. The number of hydrogen-bond acceptors (Lipinski definition) is 4. The predicted molar refractivity (Wildman–Crippen MR) is 83.8 cm³/mol. The summed E-state index contributed by atoms with van der Waals surface area (Å²) in [5, 5.41) is 13.5. The fourth-order valence-electron chi connectivity index (χ4n) is 1.99. The van der Waals surface area contributed by atoms with Crippen LogP contribution in [0.3, 0.4) is 0 Å². The van der Waals surface area contributed by atoms with Crippen molar-refractivity contribution >= 4 is 28.5 Å². The van der Waals surface area contributed by atoms with Gasteiger partial charge in [-0.3, -0.25) is 4.79 Å². The highest BCUT2D eigenvalue weighted by molar-refractivity contribution is 7.17. The highest BCUT2D eigenvalue weighted by Crippen LogP contribution is 2.30. The average Bonchev–Trinajstić information content (AvgIpc) is 3.10. The molecule has 3 aromatic rings. The molecule has 0 saturated carbocycles. The van der Waals surface area contributed by atoms with E-state index in [-0.39, 0.29) is 11.5 Å². The smallest absolute Gasteiger partial charge is 0.177 e. The monoisotopic (exact) mass is 300 g/mol. The lowest BCUT2D eigenvalue weighted by Crippen LogP contribution is -2.00. The van der Waals surface area contributed by atoms with Crippen molar-refractivity contribution in [3.63, 3.8) is 0 Å². The van der Waals surface area contributed by atoms with Crippen molar-refractivity contribution in [1.82, 2.24) is 0 Å². The molecule has 3 rings (SSSR count). The number of phenolic OH excluding ortho intramolecular Hbond substituents is 1. The molecule has 2 heterocycles. The van der Waals surface area contributed by atoms with Crippen LogP contribution in [0.2, 0.25) is 0 Å². The molecule has 0 aliphatic heterocycles. The molecule has 0 aliphatic rings. The molecule has 0 fully saturated rings. The summed E-state index contributed by atoms with van der Waals surface area (Å²) in [4.78, 5) is 14.1. The second kappa shape index (κ2) is 5.61. The fourth-order valence-corrected chi connectivity index (χ4v) is 3.66. The molecule has 1 aromatic carbocycles. The Morgan fingerprint density at radius 1 is 1.15 bits per heavy atom. The van der Waals surface area contributed by atoms with Gasteiger partial charge in [-0.05, 0) is 46.7 Å². The summed E-state index contributed by atoms with van der Waals surface area (Å²) in [6.45, 7) is 0. The number of ketones is 1.